The van der Waals surface area contributed by atoms with Crippen molar-refractivity contribution in [2.45, 2.75) is 57.0 Å². The van der Waals surface area contributed by atoms with Gasteiger partial charge in [-0.3, -0.25) is 14.4 Å². The van der Waals surface area contributed by atoms with Crippen LogP contribution in [-0.4, -0.2) is 90.3 Å². The van der Waals surface area contributed by atoms with Crippen LogP contribution in [0.4, 0.5) is 24.7 Å². The Morgan fingerprint density at radius 3 is 2.58 bits per heavy atom. The summed E-state index contributed by atoms with van der Waals surface area (Å²) in [5, 5.41) is 17.7. The number of benzene rings is 1. The SMILES string of the molecule is CC1OC2(CCN(C(=O)c3ncnc(N4CCC4)c3O)CC2)c2c1n(CC(=O)Nc1ccc(C(F)(F)F)cc1Cl)c1nc(C3=CCOCC3)nn1c2=O. The summed E-state index contributed by atoms with van der Waals surface area (Å²) in [4.78, 5) is 58.0. The quantitative estimate of drug-likeness (QED) is 0.293. The van der Waals surface area contributed by atoms with Gasteiger partial charge in [-0.25, -0.2) is 9.97 Å². The van der Waals surface area contributed by atoms with Gasteiger partial charge in [0.1, 0.15) is 18.5 Å². The highest BCUT2D eigenvalue weighted by atomic mass is 35.5. The first-order valence-electron chi connectivity index (χ1n) is 17.1. The summed E-state index contributed by atoms with van der Waals surface area (Å²) in [5.41, 5.74) is -1.32. The molecule has 4 aliphatic heterocycles. The van der Waals surface area contributed by atoms with Crippen LogP contribution in [0.25, 0.3) is 11.4 Å². The van der Waals surface area contributed by atoms with Gasteiger partial charge in [0.05, 0.1) is 46.8 Å². The molecular formula is C34H33ClF3N9O6. The number of nitrogens with zero attached hydrogens (tertiary/aromatic N) is 8. The average Bonchev–Trinajstić information content (AvgIpc) is 3.68. The Kier molecular flexibility index (Phi) is 8.65. The summed E-state index contributed by atoms with van der Waals surface area (Å²) < 4.78 is 54.4. The van der Waals surface area contributed by atoms with E-state index in [2.05, 4.69) is 25.4 Å². The molecule has 1 unspecified atom stereocenters. The normalized spacial score (nSPS) is 19.6. The fraction of sp³-hybridized carbons (Fsp3) is 0.441. The van der Waals surface area contributed by atoms with Crippen molar-refractivity contribution in [1.29, 1.82) is 0 Å². The molecule has 0 radical (unpaired) electrons. The molecule has 15 nitrogen and oxygen atoms in total. The van der Waals surface area contributed by atoms with Gasteiger partial charge in [0.2, 0.25) is 11.7 Å². The van der Waals surface area contributed by atoms with Crippen molar-refractivity contribution in [2.75, 3.05) is 49.6 Å². The van der Waals surface area contributed by atoms with Gasteiger partial charge in [-0.1, -0.05) is 17.7 Å². The fourth-order valence-corrected chi connectivity index (χ4v) is 7.63. The highest BCUT2D eigenvalue weighted by Crippen LogP contribution is 2.48. The van der Waals surface area contributed by atoms with Crippen LogP contribution in [0, 0.1) is 0 Å². The number of nitrogens with one attached hydrogen (secondary N) is 1. The van der Waals surface area contributed by atoms with E-state index in [4.69, 9.17) is 21.1 Å². The fourth-order valence-electron chi connectivity index (χ4n) is 7.40. The van der Waals surface area contributed by atoms with Gasteiger partial charge in [-0.2, -0.15) is 22.7 Å². The monoisotopic (exact) mass is 755 g/mol. The van der Waals surface area contributed by atoms with Crippen LogP contribution in [0.2, 0.25) is 5.02 Å². The highest BCUT2D eigenvalue weighted by Gasteiger charge is 2.51. The Balaban J connectivity index is 1.13. The molecule has 7 heterocycles. The average molecular weight is 756 g/mol. The molecule has 1 aromatic carbocycles. The van der Waals surface area contributed by atoms with E-state index in [1.54, 1.807) is 11.8 Å². The number of hydrogen-bond donors (Lipinski definition) is 2. The van der Waals surface area contributed by atoms with Crippen LogP contribution < -0.4 is 15.8 Å². The molecular weight excluding hydrogens is 723 g/mol. The van der Waals surface area contributed by atoms with Crippen molar-refractivity contribution in [3.8, 4) is 5.75 Å². The van der Waals surface area contributed by atoms with E-state index >= 15 is 0 Å². The number of aromatic nitrogens is 6. The molecule has 0 aliphatic carbocycles. The summed E-state index contributed by atoms with van der Waals surface area (Å²) in [6.07, 6.45) is -0.380. The van der Waals surface area contributed by atoms with E-state index in [1.165, 1.54) is 10.9 Å². The second kappa shape index (κ2) is 13.1. The van der Waals surface area contributed by atoms with Gasteiger partial charge in [-0.05, 0) is 56.4 Å². The lowest BCUT2D eigenvalue weighted by Crippen LogP contribution is -2.47. The first-order chi connectivity index (χ1) is 25.3. The highest BCUT2D eigenvalue weighted by molar-refractivity contribution is 6.33. The Bertz CT molecular complexity index is 2240. The summed E-state index contributed by atoms with van der Waals surface area (Å²) >= 11 is 6.14. The number of amides is 2. The zero-order valence-electron chi connectivity index (χ0n) is 28.3. The van der Waals surface area contributed by atoms with E-state index in [0.29, 0.717) is 50.1 Å². The molecule has 0 bridgehead atoms. The van der Waals surface area contributed by atoms with Crippen molar-refractivity contribution < 1.29 is 37.3 Å². The number of likely N-dealkylation sites (tertiary alicyclic amines) is 1. The van der Waals surface area contributed by atoms with Crippen molar-refractivity contribution in [2.24, 2.45) is 0 Å². The van der Waals surface area contributed by atoms with Gasteiger partial charge in [0.25, 0.3) is 11.5 Å². The third-order valence-electron chi connectivity index (χ3n) is 10.2. The van der Waals surface area contributed by atoms with Crippen LogP contribution in [-0.2, 0) is 32.6 Å². The maximum absolute atomic E-state index is 14.4. The Hall–Kier alpha value is -5.07. The summed E-state index contributed by atoms with van der Waals surface area (Å²) in [6.45, 7) is 3.87. The molecule has 8 rings (SSSR count). The topological polar surface area (TPSA) is 169 Å². The second-order valence-electron chi connectivity index (χ2n) is 13.4. The van der Waals surface area contributed by atoms with Crippen molar-refractivity contribution in [3.63, 3.8) is 0 Å². The lowest BCUT2D eigenvalue weighted by atomic mass is 9.85. The third-order valence-corrected chi connectivity index (χ3v) is 10.5. The standard InChI is InChI=1S/C34H33ClF3N9O6/c1-18-26-24(33(53-18)7-11-45(12-8-33)31(51)25-27(49)29(40-17-39-25)44-9-2-10-44)30(50)47-32(42-28(43-47)19-5-13-52-14-6-19)46(26)16-23(48)41-22-4-3-20(15-21(22)35)34(36,37)38/h3-5,15,17-18,49H,2,6-14,16H2,1H3,(H,41,48). The molecule has 0 saturated carbocycles. The van der Waals surface area contributed by atoms with Crippen molar-refractivity contribution in [3.05, 3.63) is 74.3 Å². The molecule has 1 atom stereocenters. The minimum Gasteiger partial charge on any atom is -0.503 e. The van der Waals surface area contributed by atoms with E-state index < -0.39 is 47.4 Å². The Morgan fingerprint density at radius 1 is 1.15 bits per heavy atom. The number of alkyl halides is 3. The summed E-state index contributed by atoms with van der Waals surface area (Å²) in [7, 11) is 0. The zero-order chi connectivity index (χ0) is 37.2. The number of carbonyl (C=O) groups excluding carboxylic acids is 2. The Morgan fingerprint density at radius 2 is 1.92 bits per heavy atom. The minimum atomic E-state index is -4.62. The number of carbonyl (C=O) groups is 2. The molecule has 4 aromatic rings. The third kappa shape index (κ3) is 6.07. The number of hydrogen-bond acceptors (Lipinski definition) is 11. The second-order valence-corrected chi connectivity index (χ2v) is 13.8. The van der Waals surface area contributed by atoms with Crippen molar-refractivity contribution >= 4 is 46.3 Å². The molecule has 53 heavy (non-hydrogen) atoms. The van der Waals surface area contributed by atoms with Gasteiger partial charge in [0, 0.05) is 26.2 Å². The van der Waals surface area contributed by atoms with Crippen molar-refractivity contribution in [1.82, 2.24) is 34.0 Å². The predicted octanol–water partition coefficient (Wildman–Crippen LogP) is 3.93. The van der Waals surface area contributed by atoms with Gasteiger partial charge in [0.15, 0.2) is 23.1 Å². The smallest absolute Gasteiger partial charge is 0.416 e. The molecule has 2 N–H and O–H groups in total. The number of aromatic hydroxyl groups is 1. The molecule has 3 aromatic heterocycles. The number of anilines is 2. The number of halogens is 4. The molecule has 2 saturated heterocycles. The maximum atomic E-state index is 14.4. The number of piperidine rings is 1. The number of rotatable bonds is 6. The Labute approximate surface area is 304 Å². The lowest BCUT2D eigenvalue weighted by Gasteiger charge is -2.39. The first kappa shape index (κ1) is 35.0. The molecule has 278 valence electrons. The molecule has 19 heteroatoms. The van der Waals surface area contributed by atoms with E-state index in [0.717, 1.165) is 34.7 Å². The molecule has 1 spiro atoms. The van der Waals surface area contributed by atoms with Crippen LogP contribution in [0.1, 0.15) is 71.8 Å². The van der Waals surface area contributed by atoms with Gasteiger partial charge < -0.3 is 34.3 Å². The van der Waals surface area contributed by atoms with Crippen LogP contribution in [0.3, 0.4) is 0 Å². The van der Waals surface area contributed by atoms with Crippen LogP contribution in [0.5, 0.6) is 5.75 Å². The number of fused-ring (bicyclic) bond motifs is 3. The first-order valence-corrected chi connectivity index (χ1v) is 17.5. The largest absolute Gasteiger partial charge is 0.503 e. The van der Waals surface area contributed by atoms with Gasteiger partial charge >= 0.3 is 6.18 Å². The minimum absolute atomic E-state index is 0.0302. The molecule has 2 amide bonds. The molecule has 4 aliphatic rings. The van der Waals surface area contributed by atoms with Crippen LogP contribution >= 0.6 is 11.6 Å². The van der Waals surface area contributed by atoms with Crippen LogP contribution in [0.15, 0.2) is 35.4 Å². The van der Waals surface area contributed by atoms with E-state index in [1.807, 2.05) is 11.0 Å². The zero-order valence-corrected chi connectivity index (χ0v) is 29.1. The summed E-state index contributed by atoms with van der Waals surface area (Å²) in [6, 6.07) is 2.62. The van der Waals surface area contributed by atoms with Gasteiger partial charge in [-0.15, -0.1) is 5.10 Å². The molecule has 2 fully saturated rings. The summed E-state index contributed by atoms with van der Waals surface area (Å²) in [5.74, 6) is -0.740. The van der Waals surface area contributed by atoms with E-state index in [-0.39, 0.29) is 59.4 Å². The number of ether oxygens (including phenoxy) is 2. The predicted molar refractivity (Wildman–Crippen MR) is 183 cm³/mol. The lowest BCUT2D eigenvalue weighted by molar-refractivity contribution is -0.137. The van der Waals surface area contributed by atoms with E-state index in [9.17, 15) is 32.7 Å². The maximum Gasteiger partial charge on any atom is 0.416 e.